The average molecular weight is 385 g/mol. The lowest BCUT2D eigenvalue weighted by Crippen LogP contribution is -2.33. The number of Topliss-reactive ketones (excluding diaryl/α,β-unsaturated/α-hetero) is 1. The molecule has 3 aromatic heterocycles. The topological polar surface area (TPSA) is 88.7 Å². The summed E-state index contributed by atoms with van der Waals surface area (Å²) >= 11 is 0. The zero-order valence-electron chi connectivity index (χ0n) is 15.8. The third kappa shape index (κ3) is 2.40. The molecule has 0 amide bonds. The molecule has 4 aromatic rings. The highest BCUT2D eigenvalue weighted by molar-refractivity contribution is 6.01. The molecule has 0 saturated carbocycles. The highest BCUT2D eigenvalue weighted by Gasteiger charge is 2.40. The molecule has 2 atom stereocenters. The van der Waals surface area contributed by atoms with E-state index in [2.05, 4.69) is 26.4 Å². The monoisotopic (exact) mass is 385 g/mol. The lowest BCUT2D eigenvalue weighted by atomic mass is 9.79. The molecule has 7 heteroatoms. The Morgan fingerprint density at radius 2 is 2.07 bits per heavy atom. The molecule has 0 radical (unpaired) electrons. The minimum Gasteiger partial charge on any atom is -0.469 e. The number of carbonyl (C=O) groups is 1. The Kier molecular flexibility index (Phi) is 3.35. The van der Waals surface area contributed by atoms with Gasteiger partial charge in [-0.05, 0) is 31.5 Å². The highest BCUT2D eigenvalue weighted by Crippen LogP contribution is 2.45. The maximum atomic E-state index is 13.4. The Bertz CT molecular complexity index is 1280. The lowest BCUT2D eigenvalue weighted by Gasteiger charge is -2.34. The first kappa shape index (κ1) is 16.4. The van der Waals surface area contributed by atoms with Crippen LogP contribution in [-0.4, -0.2) is 25.5 Å². The molecule has 0 bridgehead atoms. The number of hydrogen-bond acceptors (Lipinski definition) is 5. The van der Waals surface area contributed by atoms with Gasteiger partial charge in [0.1, 0.15) is 17.6 Å². The zero-order chi connectivity index (χ0) is 19.5. The summed E-state index contributed by atoms with van der Waals surface area (Å²) in [7, 11) is 0. The fraction of sp³-hybridized carbons (Fsp3) is 0.227. The minimum atomic E-state index is -0.302. The molecule has 0 unspecified atom stereocenters. The smallest absolute Gasteiger partial charge is 0.226 e. The molecule has 2 N–H and O–H groups in total. The van der Waals surface area contributed by atoms with Crippen LogP contribution in [0.1, 0.15) is 41.9 Å². The summed E-state index contributed by atoms with van der Waals surface area (Å²) in [6.45, 7) is 1.87. The largest absolute Gasteiger partial charge is 0.469 e. The summed E-state index contributed by atoms with van der Waals surface area (Å²) in [5.74, 6) is 2.34. The average Bonchev–Trinajstić information content (AvgIpc) is 3.45. The summed E-state index contributed by atoms with van der Waals surface area (Å²) in [5, 5.41) is 9.08. The van der Waals surface area contributed by atoms with Crippen molar-refractivity contribution in [2.24, 2.45) is 0 Å². The molecule has 0 saturated heterocycles. The van der Waals surface area contributed by atoms with Crippen molar-refractivity contribution in [2.75, 3.05) is 5.32 Å². The van der Waals surface area contributed by atoms with Crippen molar-refractivity contribution in [2.45, 2.75) is 31.7 Å². The Morgan fingerprint density at radius 1 is 1.17 bits per heavy atom. The second kappa shape index (κ2) is 5.94. The number of aromatic nitrogens is 4. The molecule has 1 aromatic carbocycles. The maximum Gasteiger partial charge on any atom is 0.226 e. The number of benzene rings is 1. The van der Waals surface area contributed by atoms with Gasteiger partial charge in [-0.3, -0.25) is 4.79 Å². The number of aromatic amines is 1. The lowest BCUT2D eigenvalue weighted by molar-refractivity contribution is -0.116. The number of para-hydroxylation sites is 1. The number of ketones is 1. The number of allylic oxidation sites excluding steroid dienone is 2. The van der Waals surface area contributed by atoms with Gasteiger partial charge < -0.3 is 14.7 Å². The van der Waals surface area contributed by atoms with E-state index in [0.717, 1.165) is 33.5 Å². The van der Waals surface area contributed by atoms with E-state index in [0.29, 0.717) is 24.6 Å². The Balaban J connectivity index is 1.54. The Morgan fingerprint density at radius 3 is 2.93 bits per heavy atom. The molecule has 4 heterocycles. The molecule has 29 heavy (non-hydrogen) atoms. The number of nitrogens with one attached hydrogen (secondary N) is 2. The van der Waals surface area contributed by atoms with Gasteiger partial charge in [-0.2, -0.15) is 10.1 Å². The molecule has 2 aliphatic rings. The van der Waals surface area contributed by atoms with Crippen molar-refractivity contribution in [3.63, 3.8) is 0 Å². The van der Waals surface area contributed by atoms with Gasteiger partial charge in [0.15, 0.2) is 5.78 Å². The van der Waals surface area contributed by atoms with Gasteiger partial charge in [0.2, 0.25) is 5.95 Å². The number of H-pyrrole nitrogens is 1. The molecule has 0 fully saturated rings. The molecular formula is C22H19N5O2. The molecule has 0 spiro atoms. The van der Waals surface area contributed by atoms with Gasteiger partial charge in [-0.15, -0.1) is 0 Å². The van der Waals surface area contributed by atoms with Gasteiger partial charge in [-0.25, -0.2) is 4.68 Å². The Labute approximate surface area is 166 Å². The Hall–Kier alpha value is -3.61. The number of anilines is 1. The molecule has 1 aliphatic carbocycles. The number of carbonyl (C=O) groups excluding carboxylic acids is 1. The van der Waals surface area contributed by atoms with E-state index in [1.165, 1.54) is 0 Å². The summed E-state index contributed by atoms with van der Waals surface area (Å²) in [5.41, 5.74) is 3.76. The van der Waals surface area contributed by atoms with Crippen LogP contribution in [0, 0.1) is 6.92 Å². The fourth-order valence-corrected chi connectivity index (χ4v) is 4.65. The number of fused-ring (bicyclic) bond motifs is 2. The molecule has 6 rings (SSSR count). The van der Waals surface area contributed by atoms with Crippen LogP contribution < -0.4 is 5.32 Å². The molecular weight excluding hydrogens is 366 g/mol. The number of aryl methyl sites for hydroxylation is 1. The summed E-state index contributed by atoms with van der Waals surface area (Å²) in [4.78, 5) is 21.3. The van der Waals surface area contributed by atoms with Crippen LogP contribution in [0.25, 0.3) is 10.9 Å². The van der Waals surface area contributed by atoms with Gasteiger partial charge in [0, 0.05) is 46.3 Å². The van der Waals surface area contributed by atoms with Crippen LogP contribution in [-0.2, 0) is 4.79 Å². The summed E-state index contributed by atoms with van der Waals surface area (Å²) in [6.07, 6.45) is 4.78. The van der Waals surface area contributed by atoms with E-state index in [1.54, 1.807) is 6.26 Å². The van der Waals surface area contributed by atoms with Crippen molar-refractivity contribution in [1.29, 1.82) is 0 Å². The van der Waals surface area contributed by atoms with Crippen LogP contribution in [0.5, 0.6) is 0 Å². The SMILES string of the molecule is Cc1nc2n(n1)[C@@H](c1c[nH]c3ccccc13)C1=C(C[C@@H](c3ccco3)CC1=O)N2. The van der Waals surface area contributed by atoms with Crippen LogP contribution in [0.15, 0.2) is 64.5 Å². The van der Waals surface area contributed by atoms with Crippen LogP contribution in [0.3, 0.4) is 0 Å². The van der Waals surface area contributed by atoms with Crippen molar-refractivity contribution >= 4 is 22.6 Å². The minimum absolute atomic E-state index is 0.0305. The van der Waals surface area contributed by atoms with Crippen LogP contribution >= 0.6 is 0 Å². The predicted octanol–water partition coefficient (Wildman–Crippen LogP) is 4.08. The second-order valence-electron chi connectivity index (χ2n) is 7.68. The molecule has 1 aliphatic heterocycles. The van der Waals surface area contributed by atoms with Crippen LogP contribution in [0.4, 0.5) is 5.95 Å². The van der Waals surface area contributed by atoms with Gasteiger partial charge >= 0.3 is 0 Å². The molecule has 144 valence electrons. The first-order valence-corrected chi connectivity index (χ1v) is 9.75. The van der Waals surface area contributed by atoms with E-state index in [4.69, 9.17) is 4.42 Å². The predicted molar refractivity (Wildman–Crippen MR) is 108 cm³/mol. The highest BCUT2D eigenvalue weighted by atomic mass is 16.3. The van der Waals surface area contributed by atoms with Crippen molar-refractivity contribution in [1.82, 2.24) is 19.7 Å². The van der Waals surface area contributed by atoms with Crippen molar-refractivity contribution in [3.8, 4) is 0 Å². The number of nitrogens with zero attached hydrogens (tertiary/aromatic N) is 3. The number of hydrogen-bond donors (Lipinski definition) is 2. The fourth-order valence-electron chi connectivity index (χ4n) is 4.65. The maximum absolute atomic E-state index is 13.4. The quantitative estimate of drug-likeness (QED) is 0.543. The zero-order valence-corrected chi connectivity index (χ0v) is 15.8. The molecule has 7 nitrogen and oxygen atoms in total. The summed E-state index contributed by atoms with van der Waals surface area (Å²) < 4.78 is 7.43. The van der Waals surface area contributed by atoms with Crippen molar-refractivity contribution < 1.29 is 9.21 Å². The third-order valence-electron chi connectivity index (χ3n) is 5.89. The van der Waals surface area contributed by atoms with Crippen molar-refractivity contribution in [3.05, 3.63) is 77.3 Å². The van der Waals surface area contributed by atoms with E-state index in [9.17, 15) is 4.79 Å². The van der Waals surface area contributed by atoms with Gasteiger partial charge in [-0.1, -0.05) is 18.2 Å². The standard InChI is InChI=1S/C22H19N5O2/c1-12-24-22-25-17-9-13(19-7-4-8-29-19)10-18(28)20(17)21(27(22)26-12)15-11-23-16-6-3-2-5-14(15)16/h2-8,11,13,21,23H,9-10H2,1H3,(H,24,25,26)/t13-,21+/m1/s1. The summed E-state index contributed by atoms with van der Waals surface area (Å²) in [6, 6.07) is 11.6. The van der Waals surface area contributed by atoms with Gasteiger partial charge in [0.05, 0.1) is 6.26 Å². The van der Waals surface area contributed by atoms with Crippen LogP contribution in [0.2, 0.25) is 0 Å². The van der Waals surface area contributed by atoms with E-state index < -0.39 is 0 Å². The first-order valence-electron chi connectivity index (χ1n) is 9.75. The number of rotatable bonds is 2. The van der Waals surface area contributed by atoms with E-state index in [-0.39, 0.29) is 17.7 Å². The van der Waals surface area contributed by atoms with E-state index >= 15 is 0 Å². The number of furan rings is 1. The third-order valence-corrected chi connectivity index (χ3v) is 5.89. The normalized spacial score (nSPS) is 21.2. The first-order chi connectivity index (χ1) is 14.2. The second-order valence-corrected chi connectivity index (χ2v) is 7.68. The van der Waals surface area contributed by atoms with Gasteiger partial charge in [0.25, 0.3) is 0 Å². The van der Waals surface area contributed by atoms with E-state index in [1.807, 2.05) is 48.1 Å².